The molecule has 1 saturated heterocycles. The van der Waals surface area contributed by atoms with Crippen LogP contribution >= 0.6 is 0 Å². The van der Waals surface area contributed by atoms with Gasteiger partial charge in [-0.05, 0) is 45.1 Å². The van der Waals surface area contributed by atoms with Crippen LogP contribution in [-0.4, -0.2) is 54.6 Å². The van der Waals surface area contributed by atoms with Gasteiger partial charge >= 0.3 is 23.9 Å². The Balaban J connectivity index is 2.63. The molecule has 40 heavy (non-hydrogen) atoms. The summed E-state index contributed by atoms with van der Waals surface area (Å²) >= 11 is 0. The van der Waals surface area contributed by atoms with Crippen molar-refractivity contribution in [1.29, 1.82) is 0 Å². The Bertz CT molecular complexity index is 1120. The number of aryl methyl sites for hydroxylation is 1. The highest BCUT2D eigenvalue weighted by molar-refractivity contribution is 5.87. The number of hydrogen-bond donors (Lipinski definition) is 0. The number of carbonyl (C=O) groups excluding carboxylic acids is 4. The first-order valence-corrected chi connectivity index (χ1v) is 13.5. The molecule has 1 fully saturated rings. The quantitative estimate of drug-likeness (QED) is 0.168. The third-order valence-electron chi connectivity index (χ3n) is 6.31. The standard InChI is InChI=1S/C30H42O10/c1-11-17(6)29(34)39-25-19(8)35-30(28(37-21(10)32)27(25)38-23(33)14-15(2)3)40-26-22(16(4)5)13-12-18(7)24(26)36-20(9)31/h11-13,15-16,19,25,27-28,30H,14H2,1-10H3/t19-,25+,27-,28-,30-/m0/s1. The minimum atomic E-state index is -1.32. The van der Waals surface area contributed by atoms with Crippen molar-refractivity contribution in [3.8, 4) is 11.5 Å². The van der Waals surface area contributed by atoms with Crippen LogP contribution < -0.4 is 9.47 Å². The van der Waals surface area contributed by atoms with E-state index in [-0.39, 0.29) is 29.8 Å². The second-order valence-electron chi connectivity index (χ2n) is 10.7. The second-order valence-corrected chi connectivity index (χ2v) is 10.7. The lowest BCUT2D eigenvalue weighted by molar-refractivity contribution is -0.280. The van der Waals surface area contributed by atoms with Crippen LogP contribution in [0.25, 0.3) is 0 Å². The summed E-state index contributed by atoms with van der Waals surface area (Å²) in [6.07, 6.45) is -4.15. The number of hydrogen-bond acceptors (Lipinski definition) is 10. The van der Waals surface area contributed by atoms with E-state index in [4.69, 9.17) is 28.4 Å². The van der Waals surface area contributed by atoms with Crippen molar-refractivity contribution in [1.82, 2.24) is 0 Å². The van der Waals surface area contributed by atoms with Gasteiger partial charge in [-0.15, -0.1) is 0 Å². The van der Waals surface area contributed by atoms with Gasteiger partial charge in [0.25, 0.3) is 0 Å². The Hall–Kier alpha value is -3.40. The number of esters is 4. The van der Waals surface area contributed by atoms with E-state index >= 15 is 0 Å². The van der Waals surface area contributed by atoms with Gasteiger partial charge in [0.05, 0.1) is 6.10 Å². The average Bonchev–Trinajstić information content (AvgIpc) is 2.83. The number of benzene rings is 1. The van der Waals surface area contributed by atoms with E-state index in [2.05, 4.69) is 0 Å². The minimum Gasteiger partial charge on any atom is -0.456 e. The van der Waals surface area contributed by atoms with E-state index in [1.807, 2.05) is 39.8 Å². The molecule has 0 radical (unpaired) electrons. The minimum absolute atomic E-state index is 0.0116. The van der Waals surface area contributed by atoms with Crippen molar-refractivity contribution in [2.24, 2.45) is 5.92 Å². The van der Waals surface area contributed by atoms with Crippen molar-refractivity contribution in [3.63, 3.8) is 0 Å². The fraction of sp³-hybridized carbons (Fsp3) is 0.600. The maximum absolute atomic E-state index is 12.9. The van der Waals surface area contributed by atoms with E-state index in [1.165, 1.54) is 13.8 Å². The van der Waals surface area contributed by atoms with Gasteiger partial charge in [0, 0.05) is 31.4 Å². The Labute approximate surface area is 236 Å². The lowest BCUT2D eigenvalue weighted by atomic mass is 9.97. The maximum Gasteiger partial charge on any atom is 0.333 e. The summed E-state index contributed by atoms with van der Waals surface area (Å²) < 4.78 is 35.1. The molecule has 1 aliphatic rings. The van der Waals surface area contributed by atoms with Crippen molar-refractivity contribution in [3.05, 3.63) is 34.9 Å². The molecule has 0 bridgehead atoms. The zero-order valence-corrected chi connectivity index (χ0v) is 25.1. The topological polar surface area (TPSA) is 124 Å². The highest BCUT2D eigenvalue weighted by atomic mass is 16.7. The molecule has 1 aromatic rings. The molecule has 0 saturated carbocycles. The second kappa shape index (κ2) is 14.3. The van der Waals surface area contributed by atoms with Crippen LogP contribution in [0.2, 0.25) is 0 Å². The molecular weight excluding hydrogens is 520 g/mol. The summed E-state index contributed by atoms with van der Waals surface area (Å²) in [5, 5.41) is 0. The van der Waals surface area contributed by atoms with Crippen LogP contribution in [0.1, 0.15) is 85.8 Å². The fourth-order valence-electron chi connectivity index (χ4n) is 4.19. The molecule has 0 amide bonds. The molecule has 10 heteroatoms. The summed E-state index contributed by atoms with van der Waals surface area (Å²) in [5.41, 5.74) is 1.69. The number of allylic oxidation sites excluding steroid dienone is 1. The number of ether oxygens (including phenoxy) is 6. The lowest BCUT2D eigenvalue weighted by Crippen LogP contribution is -2.62. The molecule has 222 valence electrons. The predicted molar refractivity (Wildman–Crippen MR) is 146 cm³/mol. The van der Waals surface area contributed by atoms with Crippen molar-refractivity contribution >= 4 is 23.9 Å². The van der Waals surface area contributed by atoms with E-state index in [0.29, 0.717) is 16.7 Å². The van der Waals surface area contributed by atoms with Gasteiger partial charge in [-0.3, -0.25) is 14.4 Å². The van der Waals surface area contributed by atoms with Gasteiger partial charge in [-0.25, -0.2) is 4.79 Å². The average molecular weight is 563 g/mol. The van der Waals surface area contributed by atoms with E-state index in [0.717, 1.165) is 0 Å². The van der Waals surface area contributed by atoms with Crippen molar-refractivity contribution < 1.29 is 47.6 Å². The van der Waals surface area contributed by atoms with Crippen LogP contribution in [0.4, 0.5) is 0 Å². The third kappa shape index (κ3) is 8.55. The van der Waals surface area contributed by atoms with E-state index < -0.39 is 54.6 Å². The molecule has 0 aliphatic carbocycles. The fourth-order valence-corrected chi connectivity index (χ4v) is 4.19. The molecular formula is C30H42O10. The normalized spacial score (nSPS) is 23.0. The third-order valence-corrected chi connectivity index (χ3v) is 6.31. The largest absolute Gasteiger partial charge is 0.456 e. The first-order chi connectivity index (χ1) is 18.7. The van der Waals surface area contributed by atoms with Crippen LogP contribution in [0.5, 0.6) is 11.5 Å². The maximum atomic E-state index is 12.9. The molecule has 0 N–H and O–H groups in total. The molecule has 1 aromatic carbocycles. The Kier molecular flexibility index (Phi) is 11.7. The van der Waals surface area contributed by atoms with E-state index in [1.54, 1.807) is 33.8 Å². The van der Waals surface area contributed by atoms with Gasteiger partial charge in [0.1, 0.15) is 0 Å². The number of rotatable bonds is 10. The monoisotopic (exact) mass is 562 g/mol. The smallest absolute Gasteiger partial charge is 0.333 e. The van der Waals surface area contributed by atoms with Gasteiger partial charge in [0.15, 0.2) is 23.7 Å². The summed E-state index contributed by atoms with van der Waals surface area (Å²) in [7, 11) is 0. The predicted octanol–water partition coefficient (Wildman–Crippen LogP) is 4.93. The van der Waals surface area contributed by atoms with Crippen LogP contribution in [0.15, 0.2) is 23.8 Å². The molecule has 5 atom stereocenters. The molecule has 2 rings (SSSR count). The number of carbonyl (C=O) groups is 4. The highest BCUT2D eigenvalue weighted by Gasteiger charge is 2.52. The molecule has 1 heterocycles. The van der Waals surface area contributed by atoms with Crippen LogP contribution in [0, 0.1) is 12.8 Å². The van der Waals surface area contributed by atoms with Crippen molar-refractivity contribution in [2.45, 2.75) is 112 Å². The first kappa shape index (κ1) is 32.8. The molecule has 0 unspecified atom stereocenters. The highest BCUT2D eigenvalue weighted by Crippen LogP contribution is 2.41. The van der Waals surface area contributed by atoms with Gasteiger partial charge in [0.2, 0.25) is 12.4 Å². The van der Waals surface area contributed by atoms with Crippen LogP contribution in [0.3, 0.4) is 0 Å². The van der Waals surface area contributed by atoms with Gasteiger partial charge < -0.3 is 28.4 Å². The molecule has 0 spiro atoms. The van der Waals surface area contributed by atoms with E-state index in [9.17, 15) is 19.2 Å². The molecule has 0 aromatic heterocycles. The van der Waals surface area contributed by atoms with Gasteiger partial charge in [-0.1, -0.05) is 45.9 Å². The zero-order valence-electron chi connectivity index (χ0n) is 25.1. The molecule has 10 nitrogen and oxygen atoms in total. The van der Waals surface area contributed by atoms with Crippen LogP contribution in [-0.2, 0) is 38.1 Å². The zero-order chi connectivity index (χ0) is 30.3. The summed E-state index contributed by atoms with van der Waals surface area (Å²) in [4.78, 5) is 49.8. The Morgan fingerprint density at radius 2 is 1.55 bits per heavy atom. The summed E-state index contributed by atoms with van der Waals surface area (Å²) in [5.74, 6) is -2.06. The SMILES string of the molecule is CC=C(C)C(=O)O[C@H]1[C@H](OC(=O)CC(C)C)[C@H](OC(C)=O)[C@H](Oc2c(C(C)C)ccc(C)c2OC(C)=O)O[C@H]1C. The lowest BCUT2D eigenvalue weighted by Gasteiger charge is -2.43. The molecule has 1 aliphatic heterocycles. The Morgan fingerprint density at radius 1 is 0.900 bits per heavy atom. The van der Waals surface area contributed by atoms with Crippen molar-refractivity contribution in [2.75, 3.05) is 0 Å². The Morgan fingerprint density at radius 3 is 2.08 bits per heavy atom. The summed E-state index contributed by atoms with van der Waals surface area (Å²) in [6.45, 7) is 16.8. The summed E-state index contributed by atoms with van der Waals surface area (Å²) in [6, 6.07) is 3.66. The van der Waals surface area contributed by atoms with Gasteiger partial charge in [-0.2, -0.15) is 0 Å². The first-order valence-electron chi connectivity index (χ1n) is 13.5.